The van der Waals surface area contributed by atoms with Crippen molar-refractivity contribution in [3.8, 4) is 0 Å². The molecule has 0 spiro atoms. The summed E-state index contributed by atoms with van der Waals surface area (Å²) in [5.41, 5.74) is 0. The summed E-state index contributed by atoms with van der Waals surface area (Å²) < 4.78 is 8.88. The van der Waals surface area contributed by atoms with Crippen molar-refractivity contribution < 1.29 is 38.7 Å². The second-order valence-corrected chi connectivity index (χ2v) is 7.49. The number of hydrogen-bond donors (Lipinski definition) is 3. The zero-order valence-electron chi connectivity index (χ0n) is 17.6. The predicted octanol–water partition coefficient (Wildman–Crippen LogP) is 6.99. The van der Waals surface area contributed by atoms with Crippen molar-refractivity contribution in [3.05, 3.63) is 13.8 Å². The molecule has 0 rings (SSSR count). The third-order valence-corrected chi connectivity index (χ3v) is 3.71. The minimum absolute atomic E-state index is 0. The molecule has 0 atom stereocenters. The Morgan fingerprint density at radius 1 is 0.577 bits per heavy atom. The Hall–Kier alpha value is 0.733. The van der Waals surface area contributed by atoms with E-state index in [1.807, 2.05) is 0 Å². The third-order valence-electron chi connectivity index (χ3n) is 3.71. The standard InChI is InChI=1S/2C10H21.H3O4P.Zn/c2*1-3-5-7-9-10-8-6-4-2;1-5(2,3)4;/h2*1,3-10H2,2H3;(H3,1,2,3,4);/q2*-1;;+2. The first-order valence-corrected chi connectivity index (χ1v) is 11.8. The van der Waals surface area contributed by atoms with E-state index in [2.05, 4.69) is 27.7 Å². The molecule has 0 aromatic heterocycles. The summed E-state index contributed by atoms with van der Waals surface area (Å²) in [6.45, 7) is 12.2. The SMILES string of the molecule is O=P(O)(O)O.[CH2-]CCCCCCCCC.[CH2-]CCCCCCCCC.[Zn+2]. The maximum atomic E-state index is 8.88. The van der Waals surface area contributed by atoms with Crippen molar-refractivity contribution in [2.24, 2.45) is 0 Å². The molecule has 0 heterocycles. The molecular formula is C20H45O4PZn. The summed E-state index contributed by atoms with van der Waals surface area (Å²) in [5.74, 6) is 0. The van der Waals surface area contributed by atoms with Crippen LogP contribution in [0.15, 0.2) is 0 Å². The minimum Gasteiger partial charge on any atom is -0.343 e. The van der Waals surface area contributed by atoms with Crippen molar-refractivity contribution in [3.63, 3.8) is 0 Å². The molecule has 0 fully saturated rings. The normalized spacial score (nSPS) is 10.1. The van der Waals surface area contributed by atoms with Crippen LogP contribution < -0.4 is 0 Å². The number of phosphoric acid groups is 1. The predicted molar refractivity (Wildman–Crippen MR) is 110 cm³/mol. The monoisotopic (exact) mass is 444 g/mol. The maximum absolute atomic E-state index is 8.88. The minimum atomic E-state index is -4.64. The van der Waals surface area contributed by atoms with Crippen LogP contribution in [-0.2, 0) is 24.0 Å². The van der Waals surface area contributed by atoms with Crippen LogP contribution in [0.1, 0.15) is 117 Å². The van der Waals surface area contributed by atoms with Crippen LogP contribution in [0.3, 0.4) is 0 Å². The second-order valence-electron chi connectivity index (χ2n) is 6.46. The first-order chi connectivity index (χ1) is 11.8. The third kappa shape index (κ3) is 64.2. The van der Waals surface area contributed by atoms with E-state index in [9.17, 15) is 0 Å². The van der Waals surface area contributed by atoms with Crippen LogP contribution >= 0.6 is 7.82 Å². The van der Waals surface area contributed by atoms with Gasteiger partial charge in [0.15, 0.2) is 0 Å². The van der Waals surface area contributed by atoms with E-state index in [0.29, 0.717) is 0 Å². The molecule has 0 aliphatic carbocycles. The molecule has 156 valence electrons. The van der Waals surface area contributed by atoms with Gasteiger partial charge in [-0.1, -0.05) is 104 Å². The van der Waals surface area contributed by atoms with E-state index in [4.69, 9.17) is 19.2 Å². The van der Waals surface area contributed by atoms with Crippen LogP contribution in [0.4, 0.5) is 0 Å². The molecule has 6 heteroatoms. The van der Waals surface area contributed by atoms with Gasteiger partial charge in [0, 0.05) is 0 Å². The van der Waals surface area contributed by atoms with Gasteiger partial charge in [0.05, 0.1) is 0 Å². The molecule has 0 amide bonds. The molecule has 4 nitrogen and oxygen atoms in total. The fourth-order valence-electron chi connectivity index (χ4n) is 2.27. The van der Waals surface area contributed by atoms with Gasteiger partial charge in [-0.3, -0.25) is 0 Å². The van der Waals surface area contributed by atoms with Crippen LogP contribution in [0, 0.1) is 13.8 Å². The largest absolute Gasteiger partial charge is 2.00 e. The van der Waals surface area contributed by atoms with Crippen molar-refractivity contribution >= 4 is 7.82 Å². The maximum Gasteiger partial charge on any atom is 2.00 e. The van der Waals surface area contributed by atoms with Crippen LogP contribution in [0.25, 0.3) is 0 Å². The van der Waals surface area contributed by atoms with E-state index in [1.54, 1.807) is 0 Å². The van der Waals surface area contributed by atoms with Gasteiger partial charge in [-0.05, 0) is 0 Å². The van der Waals surface area contributed by atoms with Gasteiger partial charge in [-0.15, -0.1) is 0 Å². The fourth-order valence-corrected chi connectivity index (χ4v) is 2.27. The van der Waals surface area contributed by atoms with Crippen molar-refractivity contribution in [2.75, 3.05) is 0 Å². The van der Waals surface area contributed by atoms with Gasteiger partial charge >= 0.3 is 27.3 Å². The van der Waals surface area contributed by atoms with Crippen LogP contribution in [0.5, 0.6) is 0 Å². The fraction of sp³-hybridized carbons (Fsp3) is 0.900. The van der Waals surface area contributed by atoms with E-state index in [0.717, 1.165) is 12.8 Å². The van der Waals surface area contributed by atoms with Gasteiger partial charge in [0.1, 0.15) is 0 Å². The van der Waals surface area contributed by atoms with Gasteiger partial charge in [-0.25, -0.2) is 4.57 Å². The van der Waals surface area contributed by atoms with E-state index < -0.39 is 7.82 Å². The van der Waals surface area contributed by atoms with Crippen LogP contribution in [0.2, 0.25) is 0 Å². The van der Waals surface area contributed by atoms with Crippen LogP contribution in [-0.4, -0.2) is 14.7 Å². The molecule has 26 heavy (non-hydrogen) atoms. The molecule has 0 saturated carbocycles. The van der Waals surface area contributed by atoms with Gasteiger partial charge < -0.3 is 28.5 Å². The average Bonchev–Trinajstić information content (AvgIpc) is 2.53. The quantitative estimate of drug-likeness (QED) is 0.116. The van der Waals surface area contributed by atoms with Gasteiger partial charge in [-0.2, -0.15) is 12.8 Å². The molecule has 0 aromatic rings. The van der Waals surface area contributed by atoms with Crippen molar-refractivity contribution in [1.82, 2.24) is 0 Å². The summed E-state index contributed by atoms with van der Waals surface area (Å²) >= 11 is 0. The number of hydrogen-bond acceptors (Lipinski definition) is 1. The first-order valence-electron chi connectivity index (χ1n) is 10.2. The Bertz CT molecular complexity index is 220. The second kappa shape index (κ2) is 30.5. The molecule has 0 bridgehead atoms. The molecule has 0 aromatic carbocycles. The smallest absolute Gasteiger partial charge is 0.343 e. The summed E-state index contributed by atoms with van der Waals surface area (Å²) in [6, 6.07) is 0. The van der Waals surface area contributed by atoms with Crippen molar-refractivity contribution in [1.29, 1.82) is 0 Å². The molecule has 0 unspecified atom stereocenters. The summed E-state index contributed by atoms with van der Waals surface area (Å²) in [5, 5.41) is 0. The molecular weight excluding hydrogens is 401 g/mol. The molecule has 0 saturated heterocycles. The van der Waals surface area contributed by atoms with E-state index in [1.165, 1.54) is 89.9 Å². The number of unbranched alkanes of at least 4 members (excludes halogenated alkanes) is 14. The zero-order valence-corrected chi connectivity index (χ0v) is 21.5. The van der Waals surface area contributed by atoms with Gasteiger partial charge in [0.25, 0.3) is 0 Å². The summed E-state index contributed by atoms with van der Waals surface area (Å²) in [7, 11) is -4.64. The Labute approximate surface area is 177 Å². The Kier molecular flexibility index (Phi) is 40.1. The van der Waals surface area contributed by atoms with E-state index in [-0.39, 0.29) is 19.5 Å². The molecule has 0 aliphatic heterocycles. The Balaban J connectivity index is -0.000000145. The van der Waals surface area contributed by atoms with Gasteiger partial charge in [0.2, 0.25) is 0 Å². The number of rotatable bonds is 14. The molecule has 0 radical (unpaired) electrons. The average molecular weight is 446 g/mol. The Morgan fingerprint density at radius 2 is 0.769 bits per heavy atom. The molecule has 0 aliphatic rings. The zero-order chi connectivity index (χ0) is 19.8. The molecule has 3 N–H and O–H groups in total. The topological polar surface area (TPSA) is 77.8 Å². The Morgan fingerprint density at radius 3 is 0.962 bits per heavy atom. The van der Waals surface area contributed by atoms with E-state index >= 15 is 0 Å². The summed E-state index contributed by atoms with van der Waals surface area (Å²) in [6.07, 6.45) is 21.8. The summed E-state index contributed by atoms with van der Waals surface area (Å²) in [4.78, 5) is 21.6. The van der Waals surface area contributed by atoms with Crippen molar-refractivity contribution in [2.45, 2.75) is 117 Å². The first kappa shape index (κ1) is 34.3.